The summed E-state index contributed by atoms with van der Waals surface area (Å²) < 4.78 is 7.64. The van der Waals surface area contributed by atoms with E-state index < -0.39 is 17.7 Å². The molecule has 0 fully saturated rings. The molecule has 5 heteroatoms. The van der Waals surface area contributed by atoms with E-state index in [0.717, 1.165) is 22.4 Å². The fraction of sp³-hybridized carbons (Fsp3) is 0.273. The standard InChI is InChI=1S/C22H22N2O3/c1-14-12-16(9-10-23-14)15-7-8-18-17(13-15)20(21(26)22(2,3)27-18)24-11-5-4-6-19(24)25/h4-13,20-21,26H,1-3H3/t20-,21+/m0/s1. The molecule has 0 bridgehead atoms. The van der Waals surface area contributed by atoms with Gasteiger partial charge < -0.3 is 14.4 Å². The number of benzene rings is 1. The highest BCUT2D eigenvalue weighted by Gasteiger charge is 2.44. The SMILES string of the molecule is Cc1cc(-c2ccc3c(c2)[C@H](n2ccccc2=O)[C@@H](O)C(C)(C)O3)ccn1. The van der Waals surface area contributed by atoms with Crippen LogP contribution in [0.25, 0.3) is 11.1 Å². The maximum Gasteiger partial charge on any atom is 0.251 e. The summed E-state index contributed by atoms with van der Waals surface area (Å²) in [6, 6.07) is 14.3. The van der Waals surface area contributed by atoms with Crippen molar-refractivity contribution in [1.29, 1.82) is 0 Å². The monoisotopic (exact) mass is 362 g/mol. The largest absolute Gasteiger partial charge is 0.485 e. The van der Waals surface area contributed by atoms with Crippen LogP contribution in [0.1, 0.15) is 31.1 Å². The van der Waals surface area contributed by atoms with Crippen LogP contribution in [0.4, 0.5) is 0 Å². The number of nitrogens with zero attached hydrogens (tertiary/aromatic N) is 2. The van der Waals surface area contributed by atoms with Gasteiger partial charge in [-0.05, 0) is 62.2 Å². The third-order valence-electron chi connectivity index (χ3n) is 5.09. The van der Waals surface area contributed by atoms with Crippen LogP contribution in [-0.4, -0.2) is 26.4 Å². The van der Waals surface area contributed by atoms with Crippen molar-refractivity contribution in [3.05, 3.63) is 82.5 Å². The van der Waals surface area contributed by atoms with Crippen molar-refractivity contribution in [1.82, 2.24) is 9.55 Å². The van der Waals surface area contributed by atoms with Crippen molar-refractivity contribution in [3.8, 4) is 16.9 Å². The van der Waals surface area contributed by atoms with Crippen LogP contribution >= 0.6 is 0 Å². The summed E-state index contributed by atoms with van der Waals surface area (Å²) in [4.78, 5) is 16.7. The molecule has 0 saturated carbocycles. The second-order valence-corrected chi connectivity index (χ2v) is 7.48. The van der Waals surface area contributed by atoms with E-state index in [0.29, 0.717) is 5.75 Å². The molecule has 2 atom stereocenters. The van der Waals surface area contributed by atoms with Crippen molar-refractivity contribution >= 4 is 0 Å². The predicted octanol–water partition coefficient (Wildman–Crippen LogP) is 3.34. The first-order chi connectivity index (χ1) is 12.9. The molecular weight excluding hydrogens is 340 g/mol. The molecule has 4 rings (SSSR count). The average Bonchev–Trinajstić information content (AvgIpc) is 2.63. The lowest BCUT2D eigenvalue weighted by Crippen LogP contribution is -2.52. The van der Waals surface area contributed by atoms with E-state index in [1.165, 1.54) is 6.07 Å². The number of ether oxygens (including phenoxy) is 1. The van der Waals surface area contributed by atoms with Gasteiger partial charge in [-0.1, -0.05) is 12.1 Å². The molecule has 1 aromatic carbocycles. The topological polar surface area (TPSA) is 64.4 Å². The number of pyridine rings is 2. The number of aliphatic hydroxyl groups is 1. The molecule has 0 aliphatic carbocycles. The van der Waals surface area contributed by atoms with E-state index in [2.05, 4.69) is 4.98 Å². The Balaban J connectivity index is 1.92. The maximum absolute atomic E-state index is 12.5. The van der Waals surface area contributed by atoms with Gasteiger partial charge in [-0.25, -0.2) is 0 Å². The van der Waals surface area contributed by atoms with E-state index in [4.69, 9.17) is 4.74 Å². The van der Waals surface area contributed by atoms with Gasteiger partial charge in [-0.2, -0.15) is 0 Å². The summed E-state index contributed by atoms with van der Waals surface area (Å²) in [6.07, 6.45) is 2.61. The number of rotatable bonds is 2. The summed E-state index contributed by atoms with van der Waals surface area (Å²) in [6.45, 7) is 5.62. The van der Waals surface area contributed by atoms with Crippen LogP contribution in [0.3, 0.4) is 0 Å². The van der Waals surface area contributed by atoms with E-state index in [9.17, 15) is 9.90 Å². The van der Waals surface area contributed by atoms with E-state index in [1.54, 1.807) is 29.1 Å². The lowest BCUT2D eigenvalue weighted by molar-refractivity contribution is -0.0642. The first-order valence-electron chi connectivity index (χ1n) is 8.98. The molecule has 3 heterocycles. The molecule has 0 spiro atoms. The fourth-order valence-corrected chi connectivity index (χ4v) is 3.64. The van der Waals surface area contributed by atoms with Crippen molar-refractivity contribution in [2.24, 2.45) is 0 Å². The van der Waals surface area contributed by atoms with Gasteiger partial charge in [0.25, 0.3) is 5.56 Å². The third kappa shape index (κ3) is 3.04. The van der Waals surface area contributed by atoms with Gasteiger partial charge in [0.2, 0.25) is 0 Å². The number of aryl methyl sites for hydroxylation is 1. The Kier molecular flexibility index (Phi) is 4.12. The molecule has 0 saturated heterocycles. The van der Waals surface area contributed by atoms with Crippen LogP contribution < -0.4 is 10.3 Å². The Morgan fingerprint density at radius 3 is 2.63 bits per heavy atom. The van der Waals surface area contributed by atoms with Crippen molar-refractivity contribution < 1.29 is 9.84 Å². The molecule has 5 nitrogen and oxygen atoms in total. The van der Waals surface area contributed by atoms with Crippen molar-refractivity contribution in [2.75, 3.05) is 0 Å². The molecule has 0 radical (unpaired) electrons. The quantitative estimate of drug-likeness (QED) is 0.759. The van der Waals surface area contributed by atoms with E-state index in [-0.39, 0.29) is 5.56 Å². The zero-order chi connectivity index (χ0) is 19.2. The lowest BCUT2D eigenvalue weighted by Gasteiger charge is -2.42. The zero-order valence-corrected chi connectivity index (χ0v) is 15.6. The Hall–Kier alpha value is -2.92. The highest BCUT2D eigenvalue weighted by molar-refractivity contribution is 5.66. The fourth-order valence-electron chi connectivity index (χ4n) is 3.64. The molecule has 1 aliphatic rings. The zero-order valence-electron chi connectivity index (χ0n) is 15.6. The molecule has 1 N–H and O–H groups in total. The summed E-state index contributed by atoms with van der Waals surface area (Å²) in [5.74, 6) is 0.681. The van der Waals surface area contributed by atoms with E-state index >= 15 is 0 Å². The predicted molar refractivity (Wildman–Crippen MR) is 104 cm³/mol. The number of hydrogen-bond acceptors (Lipinski definition) is 4. The molecule has 3 aromatic rings. The number of aliphatic hydroxyl groups excluding tert-OH is 1. The molecule has 1 aliphatic heterocycles. The highest BCUT2D eigenvalue weighted by atomic mass is 16.5. The molecular formula is C22H22N2O3. The van der Waals surface area contributed by atoms with Crippen molar-refractivity contribution in [2.45, 2.75) is 38.5 Å². The smallest absolute Gasteiger partial charge is 0.251 e. The average molecular weight is 362 g/mol. The normalized spacial score (nSPS) is 20.6. The summed E-state index contributed by atoms with van der Waals surface area (Å²) in [5.41, 5.74) is 2.77. The Morgan fingerprint density at radius 1 is 1.11 bits per heavy atom. The lowest BCUT2D eigenvalue weighted by atomic mass is 9.85. The summed E-state index contributed by atoms with van der Waals surface area (Å²) >= 11 is 0. The van der Waals surface area contributed by atoms with Gasteiger partial charge in [0.05, 0.1) is 6.04 Å². The molecule has 2 aromatic heterocycles. The van der Waals surface area contributed by atoms with Gasteiger partial charge in [-0.15, -0.1) is 0 Å². The third-order valence-corrected chi connectivity index (χ3v) is 5.09. The molecule has 0 unspecified atom stereocenters. The van der Waals surface area contributed by atoms with Crippen molar-refractivity contribution in [3.63, 3.8) is 0 Å². The Labute approximate surface area is 157 Å². The van der Waals surface area contributed by atoms with Crippen LogP contribution in [0.2, 0.25) is 0 Å². The van der Waals surface area contributed by atoms with Gasteiger partial charge in [0, 0.05) is 29.7 Å². The molecule has 0 amide bonds. The highest BCUT2D eigenvalue weighted by Crippen LogP contribution is 2.43. The summed E-state index contributed by atoms with van der Waals surface area (Å²) in [5, 5.41) is 11.0. The first kappa shape index (κ1) is 17.5. The minimum atomic E-state index is -0.875. The van der Waals surface area contributed by atoms with Crippen LogP contribution in [0, 0.1) is 6.92 Å². The van der Waals surface area contributed by atoms with Gasteiger partial charge in [0.1, 0.15) is 17.5 Å². The second-order valence-electron chi connectivity index (χ2n) is 7.48. The second kappa shape index (κ2) is 6.35. The van der Waals surface area contributed by atoms with Gasteiger partial charge >= 0.3 is 0 Å². The van der Waals surface area contributed by atoms with Crippen LogP contribution in [-0.2, 0) is 0 Å². The van der Waals surface area contributed by atoms with Crippen LogP contribution in [0.15, 0.2) is 65.7 Å². The Morgan fingerprint density at radius 2 is 1.89 bits per heavy atom. The maximum atomic E-state index is 12.5. The summed E-state index contributed by atoms with van der Waals surface area (Å²) in [7, 11) is 0. The van der Waals surface area contributed by atoms with Crippen LogP contribution in [0.5, 0.6) is 5.75 Å². The van der Waals surface area contributed by atoms with Gasteiger partial charge in [0.15, 0.2) is 0 Å². The molecule has 138 valence electrons. The minimum Gasteiger partial charge on any atom is -0.485 e. The number of hydrogen-bond donors (Lipinski definition) is 1. The Bertz CT molecular complexity index is 1060. The number of aromatic nitrogens is 2. The number of fused-ring (bicyclic) bond motifs is 1. The van der Waals surface area contributed by atoms with Gasteiger partial charge in [-0.3, -0.25) is 9.78 Å². The first-order valence-corrected chi connectivity index (χ1v) is 8.98. The molecule has 27 heavy (non-hydrogen) atoms. The minimum absolute atomic E-state index is 0.157. The van der Waals surface area contributed by atoms with E-state index in [1.807, 2.05) is 51.1 Å².